The molecule has 0 bridgehead atoms. The Bertz CT molecular complexity index is 633. The van der Waals surface area contributed by atoms with Gasteiger partial charge in [-0.1, -0.05) is 48.5 Å². The van der Waals surface area contributed by atoms with E-state index in [4.69, 9.17) is 11.6 Å². The van der Waals surface area contributed by atoms with Crippen LogP contribution in [0, 0.1) is 0 Å². The second kappa shape index (κ2) is 6.83. The van der Waals surface area contributed by atoms with Crippen LogP contribution in [-0.4, -0.2) is 45.4 Å². The summed E-state index contributed by atoms with van der Waals surface area (Å²) in [5.74, 6) is -2.07. The average Bonchev–Trinajstić information content (AvgIpc) is 2.50. The smallest absolute Gasteiger partial charge is 0.330 e. The SMILES string of the molecule is C=C(C)C(C(=O)O)N1C(=O)C(NC(=O)Cc2ccccc2)C1Cl. The van der Waals surface area contributed by atoms with Gasteiger partial charge in [-0.3, -0.25) is 9.59 Å². The van der Waals surface area contributed by atoms with Gasteiger partial charge < -0.3 is 15.3 Å². The lowest BCUT2D eigenvalue weighted by molar-refractivity contribution is -0.160. The van der Waals surface area contributed by atoms with Crippen LogP contribution in [0.1, 0.15) is 12.5 Å². The van der Waals surface area contributed by atoms with Crippen LogP contribution < -0.4 is 5.32 Å². The normalized spacial score (nSPS) is 21.3. The Balaban J connectivity index is 1.98. The number of carbonyl (C=O) groups excluding carboxylic acids is 2. The zero-order valence-electron chi connectivity index (χ0n) is 12.5. The lowest BCUT2D eigenvalue weighted by atomic mass is 9.99. The van der Waals surface area contributed by atoms with Crippen molar-refractivity contribution < 1.29 is 19.5 Å². The Hall–Kier alpha value is -2.34. The number of hydrogen-bond acceptors (Lipinski definition) is 3. The maximum atomic E-state index is 12.1. The van der Waals surface area contributed by atoms with Gasteiger partial charge in [-0.15, -0.1) is 0 Å². The molecule has 1 aliphatic rings. The number of hydrogen-bond donors (Lipinski definition) is 2. The maximum Gasteiger partial charge on any atom is 0.330 e. The third-order valence-corrected chi connectivity index (χ3v) is 4.03. The van der Waals surface area contributed by atoms with Crippen LogP contribution in [0.5, 0.6) is 0 Å². The van der Waals surface area contributed by atoms with Crippen molar-refractivity contribution in [2.45, 2.75) is 30.9 Å². The van der Waals surface area contributed by atoms with E-state index in [0.717, 1.165) is 10.5 Å². The van der Waals surface area contributed by atoms with Crippen LogP contribution in [0.25, 0.3) is 0 Å². The van der Waals surface area contributed by atoms with Gasteiger partial charge in [0, 0.05) is 0 Å². The molecule has 23 heavy (non-hydrogen) atoms. The average molecular weight is 337 g/mol. The molecule has 6 nitrogen and oxygen atoms in total. The summed E-state index contributed by atoms with van der Waals surface area (Å²) in [6.07, 6.45) is 0.122. The molecule has 0 spiro atoms. The fourth-order valence-corrected chi connectivity index (χ4v) is 2.83. The topological polar surface area (TPSA) is 86.7 Å². The summed E-state index contributed by atoms with van der Waals surface area (Å²) >= 11 is 6.09. The highest BCUT2D eigenvalue weighted by Crippen LogP contribution is 2.29. The van der Waals surface area contributed by atoms with E-state index in [1.54, 1.807) is 12.1 Å². The zero-order valence-corrected chi connectivity index (χ0v) is 13.3. The van der Waals surface area contributed by atoms with Crippen LogP contribution in [0.2, 0.25) is 0 Å². The van der Waals surface area contributed by atoms with Crippen molar-refractivity contribution >= 4 is 29.4 Å². The number of alkyl halides is 1. The molecule has 1 aromatic carbocycles. The standard InChI is InChI=1S/C16H17ClN2O4/c1-9(2)13(16(22)23)19-14(17)12(15(19)21)18-11(20)8-10-6-4-3-5-7-10/h3-7,12-14H,1,8H2,2H3,(H,18,20)(H,22,23). The minimum Gasteiger partial charge on any atom is -0.479 e. The van der Waals surface area contributed by atoms with Gasteiger partial charge in [-0.25, -0.2) is 4.79 Å². The van der Waals surface area contributed by atoms with Crippen LogP contribution in [0.15, 0.2) is 42.5 Å². The molecular formula is C16H17ClN2O4. The molecule has 3 atom stereocenters. The number of nitrogens with one attached hydrogen (secondary N) is 1. The molecule has 2 N–H and O–H groups in total. The molecule has 1 fully saturated rings. The number of amides is 2. The molecule has 1 heterocycles. The van der Waals surface area contributed by atoms with Crippen LogP contribution in [0.4, 0.5) is 0 Å². The minimum absolute atomic E-state index is 0.122. The van der Waals surface area contributed by atoms with Crippen LogP contribution in [0.3, 0.4) is 0 Å². The van der Waals surface area contributed by atoms with Gasteiger partial charge in [0.2, 0.25) is 5.91 Å². The molecule has 1 saturated heterocycles. The summed E-state index contributed by atoms with van der Waals surface area (Å²) in [6.45, 7) is 5.08. The first-order chi connectivity index (χ1) is 10.8. The lowest BCUT2D eigenvalue weighted by Gasteiger charge is -2.46. The Morgan fingerprint density at radius 3 is 2.48 bits per heavy atom. The van der Waals surface area contributed by atoms with E-state index in [0.29, 0.717) is 5.57 Å². The van der Waals surface area contributed by atoms with Gasteiger partial charge in [0.15, 0.2) is 6.04 Å². The maximum absolute atomic E-state index is 12.1. The van der Waals surface area contributed by atoms with E-state index in [-0.39, 0.29) is 12.3 Å². The molecule has 2 rings (SSSR count). The predicted molar refractivity (Wildman–Crippen MR) is 84.8 cm³/mol. The van der Waals surface area contributed by atoms with Crippen LogP contribution >= 0.6 is 11.6 Å². The van der Waals surface area contributed by atoms with Gasteiger partial charge >= 0.3 is 5.97 Å². The van der Waals surface area contributed by atoms with Gasteiger partial charge in [0.05, 0.1) is 6.42 Å². The second-order valence-corrected chi connectivity index (χ2v) is 5.86. The van der Waals surface area contributed by atoms with Crippen molar-refractivity contribution in [3.05, 3.63) is 48.0 Å². The first kappa shape index (κ1) is 17.0. The highest BCUT2D eigenvalue weighted by molar-refractivity contribution is 6.27. The zero-order chi connectivity index (χ0) is 17.1. The minimum atomic E-state index is -1.20. The van der Waals surface area contributed by atoms with Crippen molar-refractivity contribution in [1.29, 1.82) is 0 Å². The number of carboxylic acid groups (broad SMARTS) is 1. The van der Waals surface area contributed by atoms with Crippen molar-refractivity contribution in [3.63, 3.8) is 0 Å². The molecule has 0 radical (unpaired) electrons. The molecule has 0 aliphatic carbocycles. The molecule has 1 aliphatic heterocycles. The quantitative estimate of drug-likeness (QED) is 0.353. The fraction of sp³-hybridized carbons (Fsp3) is 0.312. The number of nitrogens with zero attached hydrogens (tertiary/aromatic N) is 1. The first-order valence-electron chi connectivity index (χ1n) is 7.00. The molecule has 2 amide bonds. The number of benzene rings is 1. The number of halogens is 1. The summed E-state index contributed by atoms with van der Waals surface area (Å²) < 4.78 is 0. The third-order valence-electron chi connectivity index (χ3n) is 3.56. The number of rotatable bonds is 6. The molecule has 1 aromatic rings. The van der Waals surface area contributed by atoms with Crippen LogP contribution in [-0.2, 0) is 20.8 Å². The van der Waals surface area contributed by atoms with Crippen molar-refractivity contribution in [2.75, 3.05) is 0 Å². The van der Waals surface area contributed by atoms with Gasteiger partial charge in [0.25, 0.3) is 5.91 Å². The molecule has 0 aromatic heterocycles. The van der Waals surface area contributed by atoms with Gasteiger partial charge in [-0.2, -0.15) is 0 Å². The van der Waals surface area contributed by atoms with Crippen molar-refractivity contribution in [2.24, 2.45) is 0 Å². The first-order valence-corrected chi connectivity index (χ1v) is 7.44. The number of carbonyl (C=O) groups is 3. The van der Waals surface area contributed by atoms with Gasteiger partial charge in [0.1, 0.15) is 11.5 Å². The molecular weight excluding hydrogens is 320 g/mol. The highest BCUT2D eigenvalue weighted by atomic mass is 35.5. The Morgan fingerprint density at radius 1 is 1.39 bits per heavy atom. The van der Waals surface area contributed by atoms with E-state index < -0.39 is 29.5 Å². The number of likely N-dealkylation sites (tertiary alicyclic amines) is 1. The molecule has 0 saturated carbocycles. The molecule has 7 heteroatoms. The number of β-lactam (4-membered cyclic amide) rings is 1. The second-order valence-electron chi connectivity index (χ2n) is 5.41. The Morgan fingerprint density at radius 2 is 2.00 bits per heavy atom. The summed E-state index contributed by atoms with van der Waals surface area (Å²) in [4.78, 5) is 36.4. The monoisotopic (exact) mass is 336 g/mol. The van der Waals surface area contributed by atoms with Gasteiger partial charge in [-0.05, 0) is 18.1 Å². The largest absolute Gasteiger partial charge is 0.479 e. The summed E-state index contributed by atoms with van der Waals surface area (Å²) in [5, 5.41) is 11.7. The fourth-order valence-electron chi connectivity index (χ4n) is 2.45. The predicted octanol–water partition coefficient (Wildman–Crippen LogP) is 1.15. The highest BCUT2D eigenvalue weighted by Gasteiger charge is 2.52. The molecule has 122 valence electrons. The summed E-state index contributed by atoms with van der Waals surface area (Å²) in [5.41, 5.74) is 0.190. The van der Waals surface area contributed by atoms with E-state index in [9.17, 15) is 19.5 Å². The Labute approximate surface area is 138 Å². The van der Waals surface area contributed by atoms with E-state index in [2.05, 4.69) is 11.9 Å². The van der Waals surface area contributed by atoms with E-state index in [1.807, 2.05) is 18.2 Å². The number of aliphatic carboxylic acids is 1. The third kappa shape index (κ3) is 3.53. The van der Waals surface area contributed by atoms with E-state index >= 15 is 0 Å². The summed E-state index contributed by atoms with van der Waals surface area (Å²) in [6, 6.07) is 6.96. The Kier molecular flexibility index (Phi) is 5.05. The van der Waals surface area contributed by atoms with E-state index in [1.165, 1.54) is 6.92 Å². The van der Waals surface area contributed by atoms with Crippen molar-refractivity contribution in [1.82, 2.24) is 10.2 Å². The molecule has 3 unspecified atom stereocenters. The lowest BCUT2D eigenvalue weighted by Crippen LogP contribution is -2.72. The number of carboxylic acids is 1. The van der Waals surface area contributed by atoms with Crippen molar-refractivity contribution in [3.8, 4) is 0 Å². The summed E-state index contributed by atoms with van der Waals surface area (Å²) in [7, 11) is 0.